The van der Waals surface area contributed by atoms with E-state index in [1.165, 1.54) is 12.1 Å². The third-order valence-electron chi connectivity index (χ3n) is 5.09. The van der Waals surface area contributed by atoms with Gasteiger partial charge in [-0.2, -0.15) is 5.10 Å². The Bertz CT molecular complexity index is 1290. The summed E-state index contributed by atoms with van der Waals surface area (Å²) in [6, 6.07) is 18.8. The first kappa shape index (κ1) is 24.8. The summed E-state index contributed by atoms with van der Waals surface area (Å²) in [6.07, 6.45) is 0. The molecule has 8 nitrogen and oxygen atoms in total. The second kappa shape index (κ2) is 10.8. The molecular weight excluding hydrogens is 452 g/mol. The zero-order valence-electron chi connectivity index (χ0n) is 19.5. The van der Waals surface area contributed by atoms with Gasteiger partial charge in [-0.15, -0.1) is 0 Å². The SMILES string of the molecule is COc1ccc(NS(=O)(=O)c2ccc(/C(C)=N/NC(=O)CNc3ccc(C)cc3C)cc2)cc1. The van der Waals surface area contributed by atoms with Gasteiger partial charge in [0.25, 0.3) is 15.9 Å². The number of hydrogen-bond donors (Lipinski definition) is 3. The summed E-state index contributed by atoms with van der Waals surface area (Å²) in [5.41, 5.74) is 7.28. The van der Waals surface area contributed by atoms with Gasteiger partial charge in [-0.3, -0.25) is 9.52 Å². The smallest absolute Gasteiger partial charge is 0.261 e. The Morgan fingerprint density at radius 2 is 1.65 bits per heavy atom. The number of carbonyl (C=O) groups is 1. The largest absolute Gasteiger partial charge is 0.497 e. The summed E-state index contributed by atoms with van der Waals surface area (Å²) in [5, 5.41) is 7.21. The lowest BCUT2D eigenvalue weighted by Gasteiger charge is -2.10. The lowest BCUT2D eigenvalue weighted by molar-refractivity contribution is -0.119. The summed E-state index contributed by atoms with van der Waals surface area (Å²) < 4.78 is 32.9. The molecule has 3 aromatic rings. The number of amides is 1. The number of nitrogens with zero attached hydrogens (tertiary/aromatic N) is 1. The van der Waals surface area contributed by atoms with Crippen LogP contribution in [0.4, 0.5) is 11.4 Å². The molecule has 0 heterocycles. The van der Waals surface area contributed by atoms with Crippen molar-refractivity contribution in [3.05, 3.63) is 83.4 Å². The maximum absolute atomic E-state index is 12.6. The Balaban J connectivity index is 1.58. The van der Waals surface area contributed by atoms with E-state index in [9.17, 15) is 13.2 Å². The maximum atomic E-state index is 12.6. The van der Waals surface area contributed by atoms with Gasteiger partial charge < -0.3 is 10.1 Å². The van der Waals surface area contributed by atoms with Crippen LogP contribution in [-0.2, 0) is 14.8 Å². The van der Waals surface area contributed by atoms with E-state index in [1.54, 1.807) is 50.4 Å². The van der Waals surface area contributed by atoms with Crippen LogP contribution < -0.4 is 20.2 Å². The van der Waals surface area contributed by atoms with E-state index in [0.29, 0.717) is 22.7 Å². The topological polar surface area (TPSA) is 109 Å². The van der Waals surface area contributed by atoms with Crippen molar-refractivity contribution in [3.63, 3.8) is 0 Å². The second-order valence-corrected chi connectivity index (χ2v) is 9.44. The van der Waals surface area contributed by atoms with Gasteiger partial charge in [0.2, 0.25) is 0 Å². The molecule has 0 aliphatic heterocycles. The molecule has 0 unspecified atom stereocenters. The van der Waals surface area contributed by atoms with E-state index in [4.69, 9.17) is 4.74 Å². The van der Waals surface area contributed by atoms with Gasteiger partial charge in [-0.05, 0) is 74.4 Å². The predicted octanol–water partition coefficient (Wildman–Crippen LogP) is 4.07. The Morgan fingerprint density at radius 1 is 0.971 bits per heavy atom. The molecule has 1 amide bonds. The Morgan fingerprint density at radius 3 is 2.26 bits per heavy atom. The van der Waals surface area contributed by atoms with E-state index < -0.39 is 10.0 Å². The number of nitrogens with one attached hydrogen (secondary N) is 3. The third kappa shape index (κ3) is 6.58. The molecule has 0 aromatic heterocycles. The highest BCUT2D eigenvalue weighted by molar-refractivity contribution is 7.92. The number of ether oxygens (including phenoxy) is 1. The van der Waals surface area contributed by atoms with Crippen molar-refractivity contribution in [1.82, 2.24) is 5.43 Å². The van der Waals surface area contributed by atoms with Gasteiger partial charge in [0.05, 0.1) is 24.3 Å². The Kier molecular flexibility index (Phi) is 7.91. The van der Waals surface area contributed by atoms with Crippen LogP contribution in [0.25, 0.3) is 0 Å². The van der Waals surface area contributed by atoms with Crippen molar-refractivity contribution in [1.29, 1.82) is 0 Å². The van der Waals surface area contributed by atoms with Gasteiger partial charge in [0.15, 0.2) is 0 Å². The first-order valence-corrected chi connectivity index (χ1v) is 12.1. The molecular formula is C25H28N4O4S. The summed E-state index contributed by atoms with van der Waals surface area (Å²) in [4.78, 5) is 12.3. The van der Waals surface area contributed by atoms with Crippen molar-refractivity contribution in [2.75, 3.05) is 23.7 Å². The fourth-order valence-electron chi connectivity index (χ4n) is 3.19. The van der Waals surface area contributed by atoms with Crippen LogP contribution in [0, 0.1) is 13.8 Å². The molecule has 3 N–H and O–H groups in total. The van der Waals surface area contributed by atoms with E-state index in [-0.39, 0.29) is 17.3 Å². The first-order valence-electron chi connectivity index (χ1n) is 10.6. The Hall–Kier alpha value is -3.85. The minimum absolute atomic E-state index is 0.0783. The lowest BCUT2D eigenvalue weighted by Crippen LogP contribution is -2.27. The normalized spacial score (nSPS) is 11.6. The van der Waals surface area contributed by atoms with Crippen LogP contribution in [-0.4, -0.2) is 33.7 Å². The quantitative estimate of drug-likeness (QED) is 0.316. The van der Waals surface area contributed by atoms with Crippen LogP contribution in [0.2, 0.25) is 0 Å². The van der Waals surface area contributed by atoms with Crippen molar-refractivity contribution in [3.8, 4) is 5.75 Å². The number of benzene rings is 3. The number of anilines is 2. The molecule has 0 bridgehead atoms. The van der Waals surface area contributed by atoms with Crippen LogP contribution in [0.5, 0.6) is 5.75 Å². The van der Waals surface area contributed by atoms with Crippen molar-refractivity contribution >= 4 is 33.0 Å². The molecule has 3 rings (SSSR count). The molecule has 0 saturated carbocycles. The first-order chi connectivity index (χ1) is 16.2. The lowest BCUT2D eigenvalue weighted by atomic mass is 10.1. The number of carbonyl (C=O) groups excluding carboxylic acids is 1. The molecule has 34 heavy (non-hydrogen) atoms. The number of hydrazone groups is 1. The summed E-state index contributed by atoms with van der Waals surface area (Å²) in [7, 11) is -2.21. The molecule has 0 atom stereocenters. The average molecular weight is 481 g/mol. The zero-order valence-corrected chi connectivity index (χ0v) is 20.4. The van der Waals surface area contributed by atoms with E-state index in [2.05, 4.69) is 20.6 Å². The van der Waals surface area contributed by atoms with E-state index >= 15 is 0 Å². The number of aryl methyl sites for hydroxylation is 2. The summed E-state index contributed by atoms with van der Waals surface area (Å²) >= 11 is 0. The molecule has 9 heteroatoms. The minimum Gasteiger partial charge on any atom is -0.497 e. The number of methoxy groups -OCH3 is 1. The van der Waals surface area contributed by atoms with Gasteiger partial charge >= 0.3 is 0 Å². The van der Waals surface area contributed by atoms with E-state index in [1.807, 2.05) is 32.0 Å². The molecule has 0 aliphatic rings. The highest BCUT2D eigenvalue weighted by Crippen LogP contribution is 2.20. The molecule has 0 saturated heterocycles. The molecule has 0 radical (unpaired) electrons. The highest BCUT2D eigenvalue weighted by Gasteiger charge is 2.14. The van der Waals surface area contributed by atoms with Crippen LogP contribution in [0.3, 0.4) is 0 Å². The van der Waals surface area contributed by atoms with E-state index in [0.717, 1.165) is 16.8 Å². The van der Waals surface area contributed by atoms with Crippen LogP contribution >= 0.6 is 0 Å². The average Bonchev–Trinajstić information content (AvgIpc) is 2.82. The van der Waals surface area contributed by atoms with Crippen molar-refractivity contribution in [2.45, 2.75) is 25.7 Å². The van der Waals surface area contributed by atoms with Crippen LogP contribution in [0.1, 0.15) is 23.6 Å². The van der Waals surface area contributed by atoms with Crippen LogP contribution in [0.15, 0.2) is 76.7 Å². The van der Waals surface area contributed by atoms with Crippen molar-refractivity contribution < 1.29 is 17.9 Å². The van der Waals surface area contributed by atoms with Gasteiger partial charge in [-0.25, -0.2) is 13.8 Å². The monoisotopic (exact) mass is 480 g/mol. The molecule has 0 spiro atoms. The molecule has 3 aromatic carbocycles. The predicted molar refractivity (Wildman–Crippen MR) is 135 cm³/mol. The second-order valence-electron chi connectivity index (χ2n) is 7.76. The highest BCUT2D eigenvalue weighted by atomic mass is 32.2. The molecule has 178 valence electrons. The van der Waals surface area contributed by atoms with Gasteiger partial charge in [-0.1, -0.05) is 29.8 Å². The summed E-state index contributed by atoms with van der Waals surface area (Å²) in [6.45, 7) is 5.80. The zero-order chi connectivity index (χ0) is 24.7. The third-order valence-corrected chi connectivity index (χ3v) is 6.49. The van der Waals surface area contributed by atoms with Crippen molar-refractivity contribution in [2.24, 2.45) is 5.10 Å². The number of hydrogen-bond acceptors (Lipinski definition) is 6. The number of rotatable bonds is 9. The standard InChI is InChI=1S/C25H28N4O4S/c1-17-5-14-24(18(2)15-17)26-16-25(30)28-27-19(3)20-6-12-23(13-7-20)34(31,32)29-21-8-10-22(33-4)11-9-21/h5-15,26,29H,16H2,1-4H3,(H,28,30)/b27-19+. The van der Waals surface area contributed by atoms with Gasteiger partial charge in [0, 0.05) is 11.4 Å². The fraction of sp³-hybridized carbons (Fsp3) is 0.200. The minimum atomic E-state index is -3.75. The fourth-order valence-corrected chi connectivity index (χ4v) is 4.24. The maximum Gasteiger partial charge on any atom is 0.261 e. The summed E-state index contributed by atoms with van der Waals surface area (Å²) in [5.74, 6) is 0.345. The molecule has 0 aliphatic carbocycles. The Labute approximate surface area is 200 Å². The molecule has 0 fully saturated rings. The number of sulfonamides is 1. The van der Waals surface area contributed by atoms with Gasteiger partial charge in [0.1, 0.15) is 5.75 Å².